The van der Waals surface area contributed by atoms with Gasteiger partial charge in [0.05, 0.1) is 11.0 Å². The van der Waals surface area contributed by atoms with E-state index in [9.17, 15) is 23.7 Å². The largest absolute Gasteiger partial charge is 0.465 e. The molecule has 2 heterocycles. The van der Waals surface area contributed by atoms with E-state index in [1.54, 1.807) is 0 Å². The highest BCUT2D eigenvalue weighted by molar-refractivity contribution is 5.65. The molecule has 1 aliphatic heterocycles. The first kappa shape index (κ1) is 14.1. The van der Waals surface area contributed by atoms with Gasteiger partial charge in [0, 0.05) is 19.0 Å². The van der Waals surface area contributed by atoms with E-state index >= 15 is 0 Å². The summed E-state index contributed by atoms with van der Waals surface area (Å²) in [4.78, 5) is 25.3. The van der Waals surface area contributed by atoms with Crippen LogP contribution >= 0.6 is 0 Å². The standard InChI is InChI=1S/C11H11F2N3O4/c12-7-5-8(16(19)20)9(14-10(7)13)6-1-3-15(4-2-6)11(17)18/h5-6H,1-4H2,(H,17,18). The molecule has 9 heteroatoms. The van der Waals surface area contributed by atoms with Crippen molar-refractivity contribution in [2.45, 2.75) is 18.8 Å². The third kappa shape index (κ3) is 2.65. The van der Waals surface area contributed by atoms with Gasteiger partial charge in [-0.3, -0.25) is 10.1 Å². The summed E-state index contributed by atoms with van der Waals surface area (Å²) >= 11 is 0. The quantitative estimate of drug-likeness (QED) is 0.510. The number of halogens is 2. The van der Waals surface area contributed by atoms with E-state index < -0.39 is 34.4 Å². The maximum atomic E-state index is 13.2. The number of amides is 1. The monoisotopic (exact) mass is 287 g/mol. The number of carboxylic acid groups (broad SMARTS) is 1. The van der Waals surface area contributed by atoms with Crippen molar-refractivity contribution in [2.75, 3.05) is 13.1 Å². The molecule has 0 radical (unpaired) electrons. The Morgan fingerprint density at radius 2 is 2.05 bits per heavy atom. The second-order valence-electron chi connectivity index (χ2n) is 4.47. The highest BCUT2D eigenvalue weighted by Crippen LogP contribution is 2.33. The minimum atomic E-state index is -1.38. The maximum absolute atomic E-state index is 13.2. The van der Waals surface area contributed by atoms with E-state index in [-0.39, 0.29) is 31.6 Å². The second kappa shape index (κ2) is 5.35. The first-order valence-electron chi connectivity index (χ1n) is 5.88. The molecule has 1 aliphatic rings. The highest BCUT2D eigenvalue weighted by atomic mass is 19.2. The Kier molecular flexibility index (Phi) is 3.77. The average molecular weight is 287 g/mol. The molecule has 7 nitrogen and oxygen atoms in total. The van der Waals surface area contributed by atoms with Gasteiger partial charge in [0.2, 0.25) is 5.95 Å². The summed E-state index contributed by atoms with van der Waals surface area (Å²) in [5, 5.41) is 19.7. The van der Waals surface area contributed by atoms with E-state index in [0.717, 1.165) is 0 Å². The maximum Gasteiger partial charge on any atom is 0.407 e. The minimum Gasteiger partial charge on any atom is -0.465 e. The number of piperidine rings is 1. The summed E-state index contributed by atoms with van der Waals surface area (Å²) in [5.74, 6) is -3.21. The fraction of sp³-hybridized carbons (Fsp3) is 0.455. The summed E-state index contributed by atoms with van der Waals surface area (Å²) in [7, 11) is 0. The number of nitro groups is 1. The van der Waals surface area contributed by atoms with E-state index in [4.69, 9.17) is 5.11 Å². The molecule has 0 saturated carbocycles. The zero-order chi connectivity index (χ0) is 14.9. The van der Waals surface area contributed by atoms with Gasteiger partial charge in [0.1, 0.15) is 5.69 Å². The van der Waals surface area contributed by atoms with Gasteiger partial charge < -0.3 is 10.0 Å². The van der Waals surface area contributed by atoms with Crippen molar-refractivity contribution in [1.82, 2.24) is 9.88 Å². The molecule has 1 saturated heterocycles. The highest BCUT2D eigenvalue weighted by Gasteiger charge is 2.31. The Labute approximate surface area is 112 Å². The Balaban J connectivity index is 2.27. The predicted octanol–water partition coefficient (Wildman–Crippen LogP) is 2.13. The third-order valence-electron chi connectivity index (χ3n) is 3.29. The molecule has 0 aliphatic carbocycles. The first-order valence-corrected chi connectivity index (χ1v) is 5.88. The molecule has 1 aromatic heterocycles. The molecule has 1 N–H and O–H groups in total. The van der Waals surface area contributed by atoms with Crippen LogP contribution in [-0.2, 0) is 0 Å². The Bertz CT molecular complexity index is 559. The lowest BCUT2D eigenvalue weighted by molar-refractivity contribution is -0.386. The fourth-order valence-electron chi connectivity index (χ4n) is 2.26. The predicted molar refractivity (Wildman–Crippen MR) is 62.4 cm³/mol. The smallest absolute Gasteiger partial charge is 0.407 e. The lowest BCUT2D eigenvalue weighted by Crippen LogP contribution is -2.37. The number of aromatic nitrogens is 1. The molecule has 20 heavy (non-hydrogen) atoms. The topological polar surface area (TPSA) is 96.6 Å². The van der Waals surface area contributed by atoms with Crippen molar-refractivity contribution in [3.05, 3.63) is 33.6 Å². The molecule has 2 rings (SSSR count). The van der Waals surface area contributed by atoms with Crippen molar-refractivity contribution in [3.63, 3.8) is 0 Å². The summed E-state index contributed by atoms with van der Waals surface area (Å²) in [6.45, 7) is 0.357. The summed E-state index contributed by atoms with van der Waals surface area (Å²) in [5.41, 5.74) is -0.698. The lowest BCUT2D eigenvalue weighted by Gasteiger charge is -2.29. The molecule has 1 fully saturated rings. The molecule has 1 amide bonds. The van der Waals surface area contributed by atoms with Gasteiger partial charge in [0.15, 0.2) is 5.82 Å². The number of hydrogen-bond acceptors (Lipinski definition) is 4. The van der Waals surface area contributed by atoms with Crippen LogP contribution < -0.4 is 0 Å². The Hall–Kier alpha value is -2.32. The fourth-order valence-corrected chi connectivity index (χ4v) is 2.26. The van der Waals surface area contributed by atoms with Crippen molar-refractivity contribution < 1.29 is 23.6 Å². The Morgan fingerprint density at radius 1 is 1.45 bits per heavy atom. The third-order valence-corrected chi connectivity index (χ3v) is 3.29. The van der Waals surface area contributed by atoms with E-state index in [1.807, 2.05) is 0 Å². The Morgan fingerprint density at radius 3 is 2.55 bits per heavy atom. The molecule has 0 bridgehead atoms. The van der Waals surface area contributed by atoms with Crippen molar-refractivity contribution in [1.29, 1.82) is 0 Å². The first-order chi connectivity index (χ1) is 9.40. The summed E-state index contributed by atoms with van der Waals surface area (Å²) in [6, 6.07) is 0.515. The van der Waals surface area contributed by atoms with Crippen LogP contribution in [0.1, 0.15) is 24.5 Å². The summed E-state index contributed by atoms with van der Waals surface area (Å²) < 4.78 is 26.2. The number of nitrogens with zero attached hydrogens (tertiary/aromatic N) is 3. The van der Waals surface area contributed by atoms with Gasteiger partial charge >= 0.3 is 6.09 Å². The molecular formula is C11H11F2N3O4. The number of rotatable bonds is 2. The number of hydrogen-bond donors (Lipinski definition) is 1. The van der Waals surface area contributed by atoms with Crippen LogP contribution in [-0.4, -0.2) is 39.1 Å². The van der Waals surface area contributed by atoms with Crippen LogP contribution in [0, 0.1) is 21.9 Å². The summed E-state index contributed by atoms with van der Waals surface area (Å²) in [6.07, 6.45) is -0.507. The second-order valence-corrected chi connectivity index (χ2v) is 4.47. The van der Waals surface area contributed by atoms with Gasteiger partial charge in [-0.25, -0.2) is 14.2 Å². The molecule has 0 aromatic carbocycles. The number of carbonyl (C=O) groups is 1. The molecule has 108 valence electrons. The van der Waals surface area contributed by atoms with Crippen LogP contribution in [0.4, 0.5) is 19.3 Å². The van der Waals surface area contributed by atoms with Crippen molar-refractivity contribution in [3.8, 4) is 0 Å². The zero-order valence-corrected chi connectivity index (χ0v) is 10.3. The van der Waals surface area contributed by atoms with Crippen molar-refractivity contribution >= 4 is 11.8 Å². The molecule has 0 unspecified atom stereocenters. The number of likely N-dealkylation sites (tertiary alicyclic amines) is 1. The van der Waals surface area contributed by atoms with Gasteiger partial charge in [-0.2, -0.15) is 4.39 Å². The van der Waals surface area contributed by atoms with Crippen LogP contribution in [0.25, 0.3) is 0 Å². The molecule has 0 atom stereocenters. The average Bonchev–Trinajstić information content (AvgIpc) is 2.41. The molecular weight excluding hydrogens is 276 g/mol. The van der Waals surface area contributed by atoms with Crippen molar-refractivity contribution in [2.24, 2.45) is 0 Å². The minimum absolute atomic E-state index is 0.126. The normalized spacial score (nSPS) is 16.2. The molecule has 0 spiro atoms. The van der Waals surface area contributed by atoms with Crippen LogP contribution in [0.15, 0.2) is 6.07 Å². The van der Waals surface area contributed by atoms with E-state index in [2.05, 4.69) is 4.98 Å². The van der Waals surface area contributed by atoms with E-state index in [0.29, 0.717) is 6.07 Å². The van der Waals surface area contributed by atoms with Gasteiger partial charge in [-0.1, -0.05) is 0 Å². The SMILES string of the molecule is O=C(O)N1CCC(c2nc(F)c(F)cc2[N+](=O)[O-])CC1. The van der Waals surface area contributed by atoms with Gasteiger partial charge in [-0.15, -0.1) is 0 Å². The van der Waals surface area contributed by atoms with Crippen LogP contribution in [0.5, 0.6) is 0 Å². The lowest BCUT2D eigenvalue weighted by atomic mass is 9.92. The van der Waals surface area contributed by atoms with Gasteiger partial charge in [0.25, 0.3) is 5.69 Å². The number of pyridine rings is 1. The van der Waals surface area contributed by atoms with Crippen LogP contribution in [0.3, 0.4) is 0 Å². The molecule has 1 aromatic rings. The zero-order valence-electron chi connectivity index (χ0n) is 10.3. The van der Waals surface area contributed by atoms with E-state index in [1.165, 1.54) is 4.90 Å². The van der Waals surface area contributed by atoms with Crippen LogP contribution in [0.2, 0.25) is 0 Å². The van der Waals surface area contributed by atoms with Gasteiger partial charge in [-0.05, 0) is 12.8 Å².